The van der Waals surface area contributed by atoms with Gasteiger partial charge in [0.15, 0.2) is 5.82 Å². The van der Waals surface area contributed by atoms with Crippen molar-refractivity contribution in [1.29, 1.82) is 0 Å². The van der Waals surface area contributed by atoms with Crippen LogP contribution in [0.1, 0.15) is 45.3 Å². The summed E-state index contributed by atoms with van der Waals surface area (Å²) in [5.74, 6) is 1.82. The third kappa shape index (κ3) is 2.80. The highest BCUT2D eigenvalue weighted by Gasteiger charge is 2.12. The van der Waals surface area contributed by atoms with Crippen LogP contribution in [0.3, 0.4) is 0 Å². The van der Waals surface area contributed by atoms with Crippen LogP contribution in [0.25, 0.3) is 0 Å². The summed E-state index contributed by atoms with van der Waals surface area (Å²) < 4.78 is 5.14. The van der Waals surface area contributed by atoms with Crippen molar-refractivity contribution in [1.82, 2.24) is 15.0 Å². The fraction of sp³-hybridized carbons (Fsp3) is 0.800. The van der Waals surface area contributed by atoms with Gasteiger partial charge in [-0.15, -0.1) is 0 Å². The van der Waals surface area contributed by atoms with Gasteiger partial charge in [-0.2, -0.15) is 4.98 Å². The van der Waals surface area contributed by atoms with E-state index in [1.807, 2.05) is 7.05 Å². The second kappa shape index (κ2) is 4.55. The van der Waals surface area contributed by atoms with Crippen LogP contribution in [0.15, 0.2) is 4.52 Å². The molecule has 0 amide bonds. The molecule has 14 heavy (non-hydrogen) atoms. The zero-order valence-electron chi connectivity index (χ0n) is 9.61. The van der Waals surface area contributed by atoms with Crippen molar-refractivity contribution in [2.75, 3.05) is 7.05 Å². The van der Waals surface area contributed by atoms with Crippen LogP contribution >= 0.6 is 0 Å². The van der Waals surface area contributed by atoms with Crippen molar-refractivity contribution >= 4 is 0 Å². The first-order valence-electron chi connectivity index (χ1n) is 5.03. The summed E-state index contributed by atoms with van der Waals surface area (Å²) in [4.78, 5) is 6.48. The SMILES string of the molecule is CC(C)c1noc(CN(C)C(C)C)n1. The molecule has 0 bridgehead atoms. The molecule has 1 aromatic rings. The van der Waals surface area contributed by atoms with Gasteiger partial charge in [-0.3, -0.25) is 4.90 Å². The summed E-state index contributed by atoms with van der Waals surface area (Å²) in [5, 5.41) is 3.92. The largest absolute Gasteiger partial charge is 0.338 e. The van der Waals surface area contributed by atoms with Gasteiger partial charge in [-0.05, 0) is 20.9 Å². The fourth-order valence-electron chi connectivity index (χ4n) is 0.963. The van der Waals surface area contributed by atoms with Crippen molar-refractivity contribution in [2.45, 2.75) is 46.2 Å². The Morgan fingerprint density at radius 3 is 2.36 bits per heavy atom. The van der Waals surface area contributed by atoms with Gasteiger partial charge >= 0.3 is 0 Å². The van der Waals surface area contributed by atoms with E-state index in [1.54, 1.807) is 0 Å². The van der Waals surface area contributed by atoms with Crippen molar-refractivity contribution < 1.29 is 4.52 Å². The molecule has 0 saturated heterocycles. The number of nitrogens with zero attached hydrogens (tertiary/aromatic N) is 3. The number of hydrogen-bond acceptors (Lipinski definition) is 4. The maximum Gasteiger partial charge on any atom is 0.240 e. The molecule has 0 aliphatic rings. The Balaban J connectivity index is 2.60. The molecule has 80 valence electrons. The summed E-state index contributed by atoms with van der Waals surface area (Å²) in [5.41, 5.74) is 0. The minimum Gasteiger partial charge on any atom is -0.338 e. The van der Waals surface area contributed by atoms with E-state index in [9.17, 15) is 0 Å². The molecular formula is C10H19N3O. The Morgan fingerprint density at radius 2 is 1.93 bits per heavy atom. The molecule has 1 heterocycles. The molecule has 0 radical (unpaired) electrons. The minimum atomic E-state index is 0.330. The smallest absolute Gasteiger partial charge is 0.240 e. The highest BCUT2D eigenvalue weighted by Crippen LogP contribution is 2.11. The molecule has 0 spiro atoms. The Morgan fingerprint density at radius 1 is 1.29 bits per heavy atom. The second-order valence-corrected chi connectivity index (χ2v) is 4.21. The molecule has 0 atom stereocenters. The van der Waals surface area contributed by atoms with Gasteiger partial charge in [-0.1, -0.05) is 19.0 Å². The topological polar surface area (TPSA) is 42.2 Å². The Hall–Kier alpha value is -0.900. The maximum atomic E-state index is 5.14. The van der Waals surface area contributed by atoms with E-state index in [2.05, 4.69) is 42.7 Å². The predicted octanol–water partition coefficient (Wildman–Crippen LogP) is 2.03. The normalized spacial score (nSPS) is 12.0. The Bertz CT molecular complexity index is 281. The molecule has 0 aliphatic heterocycles. The van der Waals surface area contributed by atoms with Crippen LogP contribution in [0.4, 0.5) is 0 Å². The van der Waals surface area contributed by atoms with Crippen LogP contribution in [0, 0.1) is 0 Å². The molecular weight excluding hydrogens is 178 g/mol. The van der Waals surface area contributed by atoms with Crippen molar-refractivity contribution in [3.63, 3.8) is 0 Å². The summed E-state index contributed by atoms with van der Waals surface area (Å²) in [6.07, 6.45) is 0. The summed E-state index contributed by atoms with van der Waals surface area (Å²) in [6, 6.07) is 0.490. The van der Waals surface area contributed by atoms with E-state index in [4.69, 9.17) is 4.52 Å². The monoisotopic (exact) mass is 197 g/mol. The quantitative estimate of drug-likeness (QED) is 0.740. The summed E-state index contributed by atoms with van der Waals surface area (Å²) in [7, 11) is 2.05. The lowest BCUT2D eigenvalue weighted by atomic mass is 10.2. The van der Waals surface area contributed by atoms with Crippen molar-refractivity contribution in [3.8, 4) is 0 Å². The van der Waals surface area contributed by atoms with Crippen molar-refractivity contribution in [3.05, 3.63) is 11.7 Å². The van der Waals surface area contributed by atoms with Gasteiger partial charge in [0.25, 0.3) is 0 Å². The Labute approximate surface area is 85.3 Å². The fourth-order valence-corrected chi connectivity index (χ4v) is 0.963. The maximum absolute atomic E-state index is 5.14. The zero-order valence-corrected chi connectivity index (χ0v) is 9.61. The first-order chi connectivity index (χ1) is 6.50. The first-order valence-corrected chi connectivity index (χ1v) is 5.03. The molecule has 0 fully saturated rings. The van der Waals surface area contributed by atoms with E-state index >= 15 is 0 Å². The van der Waals surface area contributed by atoms with E-state index in [1.165, 1.54) is 0 Å². The van der Waals surface area contributed by atoms with E-state index in [-0.39, 0.29) is 0 Å². The van der Waals surface area contributed by atoms with E-state index in [0.29, 0.717) is 17.9 Å². The minimum absolute atomic E-state index is 0.330. The van der Waals surface area contributed by atoms with Gasteiger partial charge in [0.2, 0.25) is 5.89 Å². The molecule has 0 aromatic carbocycles. The van der Waals surface area contributed by atoms with E-state index in [0.717, 1.165) is 12.4 Å². The average molecular weight is 197 g/mol. The van der Waals surface area contributed by atoms with Crippen LogP contribution in [-0.4, -0.2) is 28.1 Å². The average Bonchev–Trinajstić information content (AvgIpc) is 2.52. The van der Waals surface area contributed by atoms with Crippen LogP contribution in [0.5, 0.6) is 0 Å². The number of rotatable bonds is 4. The zero-order chi connectivity index (χ0) is 10.7. The van der Waals surface area contributed by atoms with Gasteiger partial charge in [0.05, 0.1) is 6.54 Å². The third-order valence-corrected chi connectivity index (χ3v) is 2.27. The van der Waals surface area contributed by atoms with Gasteiger partial charge < -0.3 is 4.52 Å². The van der Waals surface area contributed by atoms with Gasteiger partial charge in [0, 0.05) is 12.0 Å². The van der Waals surface area contributed by atoms with Gasteiger partial charge in [0.1, 0.15) is 0 Å². The van der Waals surface area contributed by atoms with Gasteiger partial charge in [-0.25, -0.2) is 0 Å². The molecule has 4 heteroatoms. The third-order valence-electron chi connectivity index (χ3n) is 2.27. The number of aromatic nitrogens is 2. The lowest BCUT2D eigenvalue weighted by molar-refractivity contribution is 0.226. The predicted molar refractivity (Wildman–Crippen MR) is 55.0 cm³/mol. The highest BCUT2D eigenvalue weighted by atomic mass is 16.5. The lowest BCUT2D eigenvalue weighted by Gasteiger charge is -2.18. The van der Waals surface area contributed by atoms with E-state index < -0.39 is 0 Å². The standard InChI is InChI=1S/C10H19N3O/c1-7(2)10-11-9(14-12-10)6-13(5)8(3)4/h7-8H,6H2,1-5H3. The summed E-state index contributed by atoms with van der Waals surface area (Å²) >= 11 is 0. The van der Waals surface area contributed by atoms with Crippen LogP contribution < -0.4 is 0 Å². The second-order valence-electron chi connectivity index (χ2n) is 4.21. The highest BCUT2D eigenvalue weighted by molar-refractivity contribution is 4.91. The van der Waals surface area contributed by atoms with Crippen LogP contribution in [0.2, 0.25) is 0 Å². The molecule has 0 aliphatic carbocycles. The molecule has 0 N–H and O–H groups in total. The molecule has 1 rings (SSSR count). The lowest BCUT2D eigenvalue weighted by Crippen LogP contribution is -2.25. The van der Waals surface area contributed by atoms with Crippen molar-refractivity contribution in [2.24, 2.45) is 0 Å². The molecule has 1 aromatic heterocycles. The Kier molecular flexibility index (Phi) is 3.63. The molecule has 0 saturated carbocycles. The van der Waals surface area contributed by atoms with Crippen LogP contribution in [-0.2, 0) is 6.54 Å². The first kappa shape index (κ1) is 11.2. The molecule has 0 unspecified atom stereocenters. The summed E-state index contributed by atoms with van der Waals surface area (Å²) in [6.45, 7) is 9.11. The molecule has 4 nitrogen and oxygen atoms in total. The number of hydrogen-bond donors (Lipinski definition) is 0.